The number of nitrogens with one attached hydrogen (secondary N) is 1. The van der Waals surface area contributed by atoms with Gasteiger partial charge in [0.2, 0.25) is 15.8 Å². The Kier molecular flexibility index (Phi) is 4.55. The van der Waals surface area contributed by atoms with Crippen LogP contribution in [0.5, 0.6) is 0 Å². The summed E-state index contributed by atoms with van der Waals surface area (Å²) in [4.78, 5) is 11.3. The van der Waals surface area contributed by atoms with Gasteiger partial charge in [0.15, 0.2) is 4.90 Å². The van der Waals surface area contributed by atoms with Crippen LogP contribution in [0.15, 0.2) is 23.1 Å². The summed E-state index contributed by atoms with van der Waals surface area (Å²) in [5.41, 5.74) is -1.02. The molecule has 0 saturated carbocycles. The second-order valence-electron chi connectivity index (χ2n) is 5.11. The fourth-order valence-electron chi connectivity index (χ4n) is 2.39. The van der Waals surface area contributed by atoms with Gasteiger partial charge in [-0.05, 0) is 38.1 Å². The minimum Gasteiger partial charge on any atom is -0.306 e. The fraction of sp³-hybridized carbons (Fsp3) is 0.500. The van der Waals surface area contributed by atoms with E-state index in [4.69, 9.17) is 0 Å². The molecule has 0 aliphatic carbocycles. The molecule has 1 unspecified atom stereocenters. The molecule has 7 nitrogen and oxygen atoms in total. The van der Waals surface area contributed by atoms with Crippen molar-refractivity contribution in [3.63, 3.8) is 0 Å². The van der Waals surface area contributed by atoms with Crippen LogP contribution in [-0.4, -0.2) is 44.9 Å². The number of nitro benzene ring substituents is 1. The zero-order valence-electron chi connectivity index (χ0n) is 11.5. The molecule has 1 N–H and O–H groups in total. The van der Waals surface area contributed by atoms with Crippen molar-refractivity contribution < 1.29 is 17.7 Å². The summed E-state index contributed by atoms with van der Waals surface area (Å²) in [6.07, 6.45) is 0.851. The topological polar surface area (TPSA) is 92.6 Å². The molecule has 1 aliphatic heterocycles. The van der Waals surface area contributed by atoms with E-state index >= 15 is 0 Å². The Labute approximate surface area is 122 Å². The van der Waals surface area contributed by atoms with Gasteiger partial charge in [0.25, 0.3) is 0 Å². The minimum absolute atomic E-state index is 0.150. The van der Waals surface area contributed by atoms with Crippen molar-refractivity contribution in [2.24, 2.45) is 5.92 Å². The van der Waals surface area contributed by atoms with Gasteiger partial charge in [0.05, 0.1) is 4.92 Å². The lowest BCUT2D eigenvalue weighted by atomic mass is 10.1. The molecule has 0 amide bonds. The molecular formula is C12H16FN3O4S. The predicted octanol–water partition coefficient (Wildman–Crippen LogP) is 0.964. The molecule has 1 aliphatic rings. The molecule has 1 aromatic carbocycles. The quantitative estimate of drug-likeness (QED) is 0.645. The second kappa shape index (κ2) is 6.04. The Morgan fingerprint density at radius 1 is 1.52 bits per heavy atom. The largest absolute Gasteiger partial charge is 0.324 e. The zero-order chi connectivity index (χ0) is 15.6. The molecular weight excluding hydrogens is 301 g/mol. The molecule has 116 valence electrons. The summed E-state index contributed by atoms with van der Waals surface area (Å²) >= 11 is 0. The number of sulfonamides is 1. The van der Waals surface area contributed by atoms with Gasteiger partial charge in [-0.3, -0.25) is 10.1 Å². The van der Waals surface area contributed by atoms with Gasteiger partial charge in [-0.15, -0.1) is 0 Å². The lowest BCUT2D eigenvalue weighted by molar-refractivity contribution is -0.390. The van der Waals surface area contributed by atoms with Crippen molar-refractivity contribution in [2.45, 2.75) is 11.3 Å². The summed E-state index contributed by atoms with van der Waals surface area (Å²) in [6.45, 7) is 1.82. The highest BCUT2D eigenvalue weighted by Crippen LogP contribution is 2.26. The predicted molar refractivity (Wildman–Crippen MR) is 73.8 cm³/mol. The van der Waals surface area contributed by atoms with Gasteiger partial charge in [-0.1, -0.05) is 6.07 Å². The standard InChI is InChI=1S/C12H16FN3O4S/c1-15-6-5-9(8-15)7-14-21(19,20)11-4-2-3-10(13)12(11)16(17)18/h2-4,9,14H,5-8H2,1H3. The lowest BCUT2D eigenvalue weighted by Crippen LogP contribution is -2.31. The van der Waals surface area contributed by atoms with Crippen LogP contribution in [0.1, 0.15) is 6.42 Å². The van der Waals surface area contributed by atoms with Crippen molar-refractivity contribution in [1.82, 2.24) is 9.62 Å². The first-order chi connectivity index (χ1) is 9.81. The second-order valence-corrected chi connectivity index (χ2v) is 6.85. The molecule has 1 saturated heterocycles. The smallest absolute Gasteiger partial charge is 0.306 e. The molecule has 21 heavy (non-hydrogen) atoms. The number of hydrogen-bond donors (Lipinski definition) is 1. The van der Waals surface area contributed by atoms with Crippen LogP contribution >= 0.6 is 0 Å². The monoisotopic (exact) mass is 317 g/mol. The van der Waals surface area contributed by atoms with Crippen LogP contribution in [0.25, 0.3) is 0 Å². The number of halogens is 1. The van der Waals surface area contributed by atoms with E-state index in [1.165, 1.54) is 0 Å². The average molecular weight is 317 g/mol. The summed E-state index contributed by atoms with van der Waals surface area (Å²) < 4.78 is 40.1. The third kappa shape index (κ3) is 3.55. The van der Waals surface area contributed by atoms with Gasteiger partial charge in [0.1, 0.15) is 0 Å². The first-order valence-corrected chi connectivity index (χ1v) is 7.90. The van der Waals surface area contributed by atoms with Crippen LogP contribution < -0.4 is 4.72 Å². The molecule has 0 radical (unpaired) electrons. The van der Waals surface area contributed by atoms with E-state index in [2.05, 4.69) is 9.62 Å². The normalized spacial score (nSPS) is 19.8. The molecule has 0 spiro atoms. The molecule has 2 rings (SSSR count). The van der Waals surface area contributed by atoms with Gasteiger partial charge >= 0.3 is 5.69 Å². The highest BCUT2D eigenvalue weighted by atomic mass is 32.2. The number of benzene rings is 1. The third-order valence-electron chi connectivity index (χ3n) is 3.47. The molecule has 9 heteroatoms. The number of hydrogen-bond acceptors (Lipinski definition) is 5. The van der Waals surface area contributed by atoms with Crippen LogP contribution in [-0.2, 0) is 10.0 Å². The van der Waals surface area contributed by atoms with Crippen molar-refractivity contribution in [1.29, 1.82) is 0 Å². The minimum atomic E-state index is -4.11. The van der Waals surface area contributed by atoms with E-state index in [9.17, 15) is 22.9 Å². The molecule has 1 atom stereocenters. The summed E-state index contributed by atoms with van der Waals surface area (Å²) in [7, 11) is -2.18. The van der Waals surface area contributed by atoms with Gasteiger partial charge < -0.3 is 4.90 Å². The average Bonchev–Trinajstić information content (AvgIpc) is 2.82. The maximum Gasteiger partial charge on any atom is 0.324 e. The Hall–Kier alpha value is -1.58. The number of para-hydroxylation sites is 1. The van der Waals surface area contributed by atoms with Crippen molar-refractivity contribution in [2.75, 3.05) is 26.7 Å². The number of nitro groups is 1. The SMILES string of the molecule is CN1CCC(CNS(=O)(=O)c2cccc(F)c2[N+](=O)[O-])C1. The van der Waals surface area contributed by atoms with E-state index < -0.39 is 31.3 Å². The fourth-order valence-corrected chi connectivity index (χ4v) is 3.68. The molecule has 1 fully saturated rings. The van der Waals surface area contributed by atoms with E-state index in [0.29, 0.717) is 0 Å². The Morgan fingerprint density at radius 3 is 2.81 bits per heavy atom. The van der Waals surface area contributed by atoms with Crippen molar-refractivity contribution in [3.05, 3.63) is 34.1 Å². The Morgan fingerprint density at radius 2 is 2.24 bits per heavy atom. The third-order valence-corrected chi connectivity index (χ3v) is 4.93. The van der Waals surface area contributed by atoms with Crippen LogP contribution in [0, 0.1) is 21.8 Å². The molecule has 1 aromatic rings. The highest BCUT2D eigenvalue weighted by molar-refractivity contribution is 7.89. The Balaban J connectivity index is 2.20. The summed E-state index contributed by atoms with van der Waals surface area (Å²) in [6, 6.07) is 3.04. The van der Waals surface area contributed by atoms with Crippen molar-refractivity contribution in [3.8, 4) is 0 Å². The maximum atomic E-state index is 13.5. The molecule has 0 bridgehead atoms. The summed E-state index contributed by atoms with van der Waals surface area (Å²) in [5.74, 6) is -1.01. The molecule has 1 heterocycles. The zero-order valence-corrected chi connectivity index (χ0v) is 12.3. The van der Waals surface area contributed by atoms with E-state index in [-0.39, 0.29) is 12.5 Å². The van der Waals surface area contributed by atoms with Crippen molar-refractivity contribution >= 4 is 15.7 Å². The van der Waals surface area contributed by atoms with Gasteiger partial charge in [0, 0.05) is 13.1 Å². The first-order valence-electron chi connectivity index (χ1n) is 6.42. The number of likely N-dealkylation sites (tertiary alicyclic amines) is 1. The summed E-state index contributed by atoms with van der Waals surface area (Å²) in [5, 5.41) is 10.9. The number of rotatable bonds is 5. The maximum absolute atomic E-state index is 13.5. The van der Waals surface area contributed by atoms with Crippen LogP contribution in [0.3, 0.4) is 0 Å². The van der Waals surface area contributed by atoms with Crippen LogP contribution in [0.2, 0.25) is 0 Å². The van der Waals surface area contributed by atoms with E-state index in [1.54, 1.807) is 0 Å². The first kappa shape index (κ1) is 15.8. The van der Waals surface area contributed by atoms with Gasteiger partial charge in [-0.2, -0.15) is 4.39 Å². The van der Waals surface area contributed by atoms with E-state index in [1.807, 2.05) is 7.05 Å². The van der Waals surface area contributed by atoms with Crippen LogP contribution in [0.4, 0.5) is 10.1 Å². The number of nitrogens with zero attached hydrogens (tertiary/aromatic N) is 2. The lowest BCUT2D eigenvalue weighted by Gasteiger charge is -2.12. The molecule has 0 aromatic heterocycles. The van der Waals surface area contributed by atoms with Gasteiger partial charge in [-0.25, -0.2) is 13.1 Å². The highest BCUT2D eigenvalue weighted by Gasteiger charge is 2.30. The Bertz CT molecular complexity index is 650. The van der Waals surface area contributed by atoms with E-state index in [0.717, 1.165) is 37.7 Å².